The van der Waals surface area contributed by atoms with Crippen LogP contribution in [0, 0.1) is 5.92 Å². The highest BCUT2D eigenvalue weighted by atomic mass is 16.5. The lowest BCUT2D eigenvalue weighted by atomic mass is 10.0. The second-order valence-electron chi connectivity index (χ2n) is 7.50. The van der Waals surface area contributed by atoms with Crippen LogP contribution in [0.3, 0.4) is 0 Å². The highest BCUT2D eigenvalue weighted by molar-refractivity contribution is 5.76. The first kappa shape index (κ1) is 18.9. The summed E-state index contributed by atoms with van der Waals surface area (Å²) in [4.78, 5) is 25.2. The van der Waals surface area contributed by atoms with Crippen LogP contribution in [0.4, 0.5) is 11.6 Å². The van der Waals surface area contributed by atoms with Crippen molar-refractivity contribution in [3.8, 4) is 0 Å². The number of piperidine rings is 2. The molecule has 0 bridgehead atoms. The van der Waals surface area contributed by atoms with Gasteiger partial charge < -0.3 is 19.9 Å². The molecule has 1 atom stereocenters. The van der Waals surface area contributed by atoms with Gasteiger partial charge in [0.05, 0.1) is 13.0 Å². The van der Waals surface area contributed by atoms with Crippen LogP contribution in [0.1, 0.15) is 39.0 Å². The monoisotopic (exact) mass is 361 g/mol. The number of aromatic nitrogens is 2. The smallest absolute Gasteiger partial charge is 0.224 e. The van der Waals surface area contributed by atoms with Gasteiger partial charge in [0.25, 0.3) is 0 Å². The number of methoxy groups -OCH3 is 1. The Hall–Kier alpha value is -1.89. The van der Waals surface area contributed by atoms with E-state index >= 15 is 0 Å². The number of amides is 1. The fraction of sp³-hybridized carbons (Fsp3) is 0.737. The first-order chi connectivity index (χ1) is 12.7. The second-order valence-corrected chi connectivity index (χ2v) is 7.50. The average Bonchev–Trinajstić information content (AvgIpc) is 2.67. The summed E-state index contributed by atoms with van der Waals surface area (Å²) in [5.41, 5.74) is 0. The van der Waals surface area contributed by atoms with Crippen molar-refractivity contribution in [3.05, 3.63) is 12.4 Å². The van der Waals surface area contributed by atoms with Gasteiger partial charge in [-0.05, 0) is 31.6 Å². The van der Waals surface area contributed by atoms with E-state index in [1.54, 1.807) is 13.4 Å². The maximum Gasteiger partial charge on any atom is 0.224 e. The first-order valence-electron chi connectivity index (χ1n) is 9.76. The number of anilines is 2. The average molecular weight is 361 g/mol. The lowest BCUT2D eigenvalue weighted by molar-refractivity contribution is -0.133. The number of hydrogen-bond acceptors (Lipinski definition) is 6. The molecule has 2 saturated heterocycles. The van der Waals surface area contributed by atoms with Gasteiger partial charge in [-0.3, -0.25) is 4.79 Å². The van der Waals surface area contributed by atoms with Gasteiger partial charge in [0.2, 0.25) is 5.91 Å². The van der Waals surface area contributed by atoms with E-state index in [4.69, 9.17) is 4.74 Å². The number of rotatable bonds is 6. The third-order valence-electron chi connectivity index (χ3n) is 5.35. The lowest BCUT2D eigenvalue weighted by Crippen LogP contribution is -2.42. The highest BCUT2D eigenvalue weighted by Crippen LogP contribution is 2.23. The van der Waals surface area contributed by atoms with E-state index in [1.165, 1.54) is 12.8 Å². The SMILES string of the molecule is COCCC(=O)N1CCC(Nc2cc(N3CCCC(C)C3)ncn2)CC1. The van der Waals surface area contributed by atoms with Gasteiger partial charge in [0, 0.05) is 45.4 Å². The van der Waals surface area contributed by atoms with E-state index in [0.29, 0.717) is 19.1 Å². The summed E-state index contributed by atoms with van der Waals surface area (Å²) in [5, 5.41) is 3.53. The maximum atomic E-state index is 12.1. The summed E-state index contributed by atoms with van der Waals surface area (Å²) in [6, 6.07) is 2.42. The molecule has 1 unspecified atom stereocenters. The number of carbonyl (C=O) groups is 1. The van der Waals surface area contributed by atoms with Crippen molar-refractivity contribution >= 4 is 17.5 Å². The number of nitrogens with zero attached hydrogens (tertiary/aromatic N) is 4. The van der Waals surface area contributed by atoms with Crippen molar-refractivity contribution in [2.75, 3.05) is 50.1 Å². The summed E-state index contributed by atoms with van der Waals surface area (Å²) < 4.78 is 4.99. The molecule has 3 heterocycles. The molecule has 3 rings (SSSR count). The Morgan fingerprint density at radius 1 is 1.27 bits per heavy atom. The molecule has 1 N–H and O–H groups in total. The minimum atomic E-state index is 0.189. The fourth-order valence-electron chi connectivity index (χ4n) is 3.83. The molecule has 1 amide bonds. The van der Waals surface area contributed by atoms with E-state index < -0.39 is 0 Å². The second kappa shape index (κ2) is 9.16. The Bertz CT molecular complexity index is 589. The summed E-state index contributed by atoms with van der Waals surface area (Å²) in [7, 11) is 1.63. The third-order valence-corrected chi connectivity index (χ3v) is 5.35. The molecule has 0 spiro atoms. The first-order valence-corrected chi connectivity index (χ1v) is 9.76. The van der Waals surface area contributed by atoms with Crippen molar-refractivity contribution in [3.63, 3.8) is 0 Å². The van der Waals surface area contributed by atoms with Crippen molar-refractivity contribution < 1.29 is 9.53 Å². The highest BCUT2D eigenvalue weighted by Gasteiger charge is 2.23. The predicted molar refractivity (Wildman–Crippen MR) is 102 cm³/mol. The Labute approximate surface area is 156 Å². The van der Waals surface area contributed by atoms with Gasteiger partial charge in [0.15, 0.2) is 0 Å². The Balaban J connectivity index is 1.51. The molecule has 144 valence electrons. The van der Waals surface area contributed by atoms with Crippen LogP contribution in [0.5, 0.6) is 0 Å². The Morgan fingerprint density at radius 2 is 2.08 bits per heavy atom. The normalized spacial score (nSPS) is 21.7. The Kier molecular flexibility index (Phi) is 6.66. The number of hydrogen-bond donors (Lipinski definition) is 1. The van der Waals surface area contributed by atoms with Crippen LogP contribution in [0.2, 0.25) is 0 Å². The van der Waals surface area contributed by atoms with Crippen LogP contribution < -0.4 is 10.2 Å². The van der Waals surface area contributed by atoms with Crippen LogP contribution in [-0.2, 0) is 9.53 Å². The molecule has 2 aliphatic heterocycles. The fourth-order valence-corrected chi connectivity index (χ4v) is 3.83. The van der Waals surface area contributed by atoms with Gasteiger partial charge in [0.1, 0.15) is 18.0 Å². The molecule has 7 heteroatoms. The minimum absolute atomic E-state index is 0.189. The molecule has 0 saturated carbocycles. The molecule has 7 nitrogen and oxygen atoms in total. The number of carbonyl (C=O) groups excluding carboxylic acids is 1. The van der Waals surface area contributed by atoms with E-state index in [9.17, 15) is 4.79 Å². The predicted octanol–water partition coefficient (Wildman–Crippen LogP) is 2.15. The third kappa shape index (κ3) is 5.06. The number of nitrogens with one attached hydrogen (secondary N) is 1. The van der Waals surface area contributed by atoms with E-state index in [2.05, 4.69) is 33.2 Å². The van der Waals surface area contributed by atoms with Crippen molar-refractivity contribution in [1.29, 1.82) is 0 Å². The number of likely N-dealkylation sites (tertiary alicyclic amines) is 1. The van der Waals surface area contributed by atoms with Crippen molar-refractivity contribution in [2.45, 2.75) is 45.1 Å². The standard InChI is InChI=1S/C19H31N5O2/c1-15-4-3-8-24(13-15)18-12-17(20-14-21-18)22-16-5-9-23(10-6-16)19(25)7-11-26-2/h12,14-16H,3-11,13H2,1-2H3,(H,20,21,22). The van der Waals surface area contributed by atoms with Crippen LogP contribution in [0.15, 0.2) is 12.4 Å². The van der Waals surface area contributed by atoms with Gasteiger partial charge in [-0.2, -0.15) is 0 Å². The van der Waals surface area contributed by atoms with Gasteiger partial charge >= 0.3 is 0 Å². The molecule has 0 aromatic carbocycles. The van der Waals surface area contributed by atoms with Crippen LogP contribution >= 0.6 is 0 Å². The van der Waals surface area contributed by atoms with E-state index in [-0.39, 0.29) is 5.91 Å². The summed E-state index contributed by atoms with van der Waals surface area (Å²) >= 11 is 0. The van der Waals surface area contributed by atoms with Crippen molar-refractivity contribution in [1.82, 2.24) is 14.9 Å². The quantitative estimate of drug-likeness (QED) is 0.837. The van der Waals surface area contributed by atoms with Crippen LogP contribution in [-0.4, -0.2) is 66.7 Å². The molecule has 1 aromatic rings. The molecule has 1 aromatic heterocycles. The topological polar surface area (TPSA) is 70.6 Å². The molecule has 26 heavy (non-hydrogen) atoms. The van der Waals surface area contributed by atoms with E-state index in [1.807, 2.05) is 4.90 Å². The molecule has 0 radical (unpaired) electrons. The molecular formula is C19H31N5O2. The Morgan fingerprint density at radius 3 is 2.81 bits per heavy atom. The summed E-state index contributed by atoms with van der Waals surface area (Å²) in [6.45, 7) is 6.52. The van der Waals surface area contributed by atoms with Crippen molar-refractivity contribution in [2.24, 2.45) is 5.92 Å². The van der Waals surface area contributed by atoms with Gasteiger partial charge in [-0.25, -0.2) is 9.97 Å². The zero-order valence-electron chi connectivity index (χ0n) is 16.0. The van der Waals surface area contributed by atoms with Gasteiger partial charge in [-0.1, -0.05) is 6.92 Å². The molecular weight excluding hydrogens is 330 g/mol. The zero-order valence-corrected chi connectivity index (χ0v) is 16.0. The molecule has 0 aliphatic carbocycles. The summed E-state index contributed by atoms with van der Waals surface area (Å²) in [6.07, 6.45) is 6.54. The zero-order chi connectivity index (χ0) is 18.4. The van der Waals surface area contributed by atoms with Crippen LogP contribution in [0.25, 0.3) is 0 Å². The number of ether oxygens (including phenoxy) is 1. The van der Waals surface area contributed by atoms with E-state index in [0.717, 1.165) is 56.6 Å². The lowest BCUT2D eigenvalue weighted by Gasteiger charge is -2.33. The molecule has 2 fully saturated rings. The molecule has 2 aliphatic rings. The van der Waals surface area contributed by atoms with Gasteiger partial charge in [-0.15, -0.1) is 0 Å². The minimum Gasteiger partial charge on any atom is -0.384 e. The summed E-state index contributed by atoms with van der Waals surface area (Å²) in [5.74, 6) is 2.81. The largest absolute Gasteiger partial charge is 0.384 e. The maximum absolute atomic E-state index is 12.1.